The van der Waals surface area contributed by atoms with E-state index in [2.05, 4.69) is 5.32 Å². The number of hydrogen-bond donors (Lipinski definition) is 1. The fourth-order valence-corrected chi connectivity index (χ4v) is 2.96. The van der Waals surface area contributed by atoms with E-state index in [0.717, 1.165) is 22.6 Å². The van der Waals surface area contributed by atoms with Gasteiger partial charge in [0, 0.05) is 37.1 Å². The lowest BCUT2D eigenvalue weighted by Crippen LogP contribution is -2.33. The van der Waals surface area contributed by atoms with Crippen molar-refractivity contribution in [3.8, 4) is 5.75 Å². The van der Waals surface area contributed by atoms with Crippen molar-refractivity contribution in [2.75, 3.05) is 25.5 Å². The van der Waals surface area contributed by atoms with Crippen LogP contribution in [0, 0.1) is 6.92 Å². The number of nitrogens with one attached hydrogen (secondary N) is 1. The molecule has 1 N–H and O–H groups in total. The summed E-state index contributed by atoms with van der Waals surface area (Å²) in [6, 6.07) is 13.1. The minimum atomic E-state index is -0.131. The van der Waals surface area contributed by atoms with E-state index in [4.69, 9.17) is 16.3 Å². The van der Waals surface area contributed by atoms with E-state index < -0.39 is 0 Å². The zero-order valence-corrected chi connectivity index (χ0v) is 16.7. The maximum atomic E-state index is 12.2. The number of amides is 2. The summed E-state index contributed by atoms with van der Waals surface area (Å²) in [5, 5.41) is 3.50. The molecule has 6 heteroatoms. The Labute approximate surface area is 165 Å². The number of hydrogen-bond acceptors (Lipinski definition) is 3. The number of rotatable bonds is 8. The summed E-state index contributed by atoms with van der Waals surface area (Å²) in [7, 11) is 1.63. The Kier molecular flexibility index (Phi) is 7.67. The molecule has 2 amide bonds. The van der Waals surface area contributed by atoms with Gasteiger partial charge in [0.05, 0.1) is 7.11 Å². The molecule has 0 radical (unpaired) electrons. The van der Waals surface area contributed by atoms with Crippen LogP contribution in [0.4, 0.5) is 5.69 Å². The van der Waals surface area contributed by atoms with Crippen LogP contribution in [0.5, 0.6) is 5.75 Å². The third-order valence-corrected chi connectivity index (χ3v) is 4.56. The van der Waals surface area contributed by atoms with Gasteiger partial charge in [-0.05, 0) is 54.8 Å². The van der Waals surface area contributed by atoms with E-state index in [-0.39, 0.29) is 18.2 Å². The molecule has 0 bridgehead atoms. The Morgan fingerprint density at radius 3 is 2.59 bits per heavy atom. The molecule has 0 aliphatic rings. The molecule has 2 rings (SSSR count). The molecule has 144 valence electrons. The van der Waals surface area contributed by atoms with Gasteiger partial charge in [0.25, 0.3) is 0 Å². The third kappa shape index (κ3) is 6.61. The number of nitrogens with zero attached hydrogens (tertiary/aromatic N) is 1. The summed E-state index contributed by atoms with van der Waals surface area (Å²) < 4.78 is 5.22. The Bertz CT molecular complexity index is 808. The van der Waals surface area contributed by atoms with Crippen molar-refractivity contribution in [2.45, 2.75) is 26.7 Å². The molecule has 2 aromatic carbocycles. The molecule has 0 unspecified atom stereocenters. The maximum Gasteiger partial charge on any atom is 0.226 e. The van der Waals surface area contributed by atoms with Gasteiger partial charge in [0.1, 0.15) is 5.75 Å². The van der Waals surface area contributed by atoms with E-state index in [1.807, 2.05) is 31.2 Å². The van der Waals surface area contributed by atoms with Crippen LogP contribution >= 0.6 is 11.6 Å². The van der Waals surface area contributed by atoms with Gasteiger partial charge in [-0.1, -0.05) is 23.7 Å². The van der Waals surface area contributed by atoms with E-state index >= 15 is 0 Å². The standard InChI is InChI=1S/C21H25ClN2O3/c1-15-13-18(22)7-8-20(15)23-21(26)10-12-24(16(2)25)11-9-17-5-4-6-19(14-17)27-3/h4-8,13-14H,9-12H2,1-3H3,(H,23,26). The molecule has 2 aromatic rings. The lowest BCUT2D eigenvalue weighted by Gasteiger charge is -2.21. The Hall–Kier alpha value is -2.53. The number of benzene rings is 2. The monoisotopic (exact) mass is 388 g/mol. The van der Waals surface area contributed by atoms with Crippen LogP contribution < -0.4 is 10.1 Å². The van der Waals surface area contributed by atoms with Gasteiger partial charge in [-0.15, -0.1) is 0 Å². The molecule has 27 heavy (non-hydrogen) atoms. The zero-order valence-electron chi connectivity index (χ0n) is 15.9. The fraction of sp³-hybridized carbons (Fsp3) is 0.333. The van der Waals surface area contributed by atoms with Crippen molar-refractivity contribution in [1.29, 1.82) is 0 Å². The van der Waals surface area contributed by atoms with Gasteiger partial charge in [0.15, 0.2) is 0 Å². The van der Waals surface area contributed by atoms with Crippen molar-refractivity contribution in [3.05, 3.63) is 58.6 Å². The zero-order chi connectivity index (χ0) is 19.8. The SMILES string of the molecule is COc1cccc(CCN(CCC(=O)Nc2ccc(Cl)cc2C)C(C)=O)c1. The Morgan fingerprint density at radius 2 is 1.93 bits per heavy atom. The third-order valence-electron chi connectivity index (χ3n) is 4.32. The van der Waals surface area contributed by atoms with Gasteiger partial charge < -0.3 is 15.0 Å². The lowest BCUT2D eigenvalue weighted by atomic mass is 10.1. The summed E-state index contributed by atoms with van der Waals surface area (Å²) in [5.74, 6) is 0.612. The molecular formula is C21H25ClN2O3. The number of halogens is 1. The van der Waals surface area contributed by atoms with Crippen molar-refractivity contribution in [3.63, 3.8) is 0 Å². The van der Waals surface area contributed by atoms with Crippen LogP contribution in [0.15, 0.2) is 42.5 Å². The number of carbonyl (C=O) groups excluding carboxylic acids is 2. The fourth-order valence-electron chi connectivity index (χ4n) is 2.74. The lowest BCUT2D eigenvalue weighted by molar-refractivity contribution is -0.129. The number of ether oxygens (including phenoxy) is 1. The summed E-state index contributed by atoms with van der Waals surface area (Å²) >= 11 is 5.93. The van der Waals surface area contributed by atoms with Crippen LogP contribution in [0.25, 0.3) is 0 Å². The van der Waals surface area contributed by atoms with Gasteiger partial charge in [-0.2, -0.15) is 0 Å². The van der Waals surface area contributed by atoms with E-state index in [0.29, 0.717) is 24.5 Å². The van der Waals surface area contributed by atoms with Crippen LogP contribution in [0.2, 0.25) is 5.02 Å². The predicted molar refractivity (Wildman–Crippen MR) is 108 cm³/mol. The van der Waals surface area contributed by atoms with Crippen LogP contribution in [0.1, 0.15) is 24.5 Å². The summed E-state index contributed by atoms with van der Waals surface area (Å²) in [5.41, 5.74) is 2.72. The number of anilines is 1. The predicted octanol–water partition coefficient (Wildman–Crippen LogP) is 4.08. The Balaban J connectivity index is 1.87. The van der Waals surface area contributed by atoms with Crippen molar-refractivity contribution in [2.24, 2.45) is 0 Å². The first-order valence-corrected chi connectivity index (χ1v) is 9.21. The van der Waals surface area contributed by atoms with E-state index in [1.165, 1.54) is 6.92 Å². The van der Waals surface area contributed by atoms with Gasteiger partial charge in [-0.3, -0.25) is 9.59 Å². The molecule has 0 fully saturated rings. The number of carbonyl (C=O) groups is 2. The van der Waals surface area contributed by atoms with Crippen LogP contribution in [-0.2, 0) is 16.0 Å². The Morgan fingerprint density at radius 1 is 1.15 bits per heavy atom. The topological polar surface area (TPSA) is 58.6 Å². The first-order valence-electron chi connectivity index (χ1n) is 8.83. The highest BCUT2D eigenvalue weighted by atomic mass is 35.5. The average Bonchev–Trinajstić information content (AvgIpc) is 2.64. The van der Waals surface area contributed by atoms with Crippen molar-refractivity contribution < 1.29 is 14.3 Å². The first kappa shape index (κ1) is 20.8. The molecule has 5 nitrogen and oxygen atoms in total. The second-order valence-corrected chi connectivity index (χ2v) is 6.80. The summed E-state index contributed by atoms with van der Waals surface area (Å²) in [4.78, 5) is 25.8. The van der Waals surface area contributed by atoms with Gasteiger partial charge in [-0.25, -0.2) is 0 Å². The second kappa shape index (κ2) is 9.97. The van der Waals surface area contributed by atoms with Gasteiger partial charge >= 0.3 is 0 Å². The highest BCUT2D eigenvalue weighted by molar-refractivity contribution is 6.30. The van der Waals surface area contributed by atoms with Gasteiger partial charge in [0.2, 0.25) is 11.8 Å². The largest absolute Gasteiger partial charge is 0.497 e. The molecule has 0 aliphatic heterocycles. The minimum absolute atomic E-state index is 0.0478. The van der Waals surface area contributed by atoms with Crippen molar-refractivity contribution >= 4 is 29.1 Å². The van der Waals surface area contributed by atoms with Crippen molar-refractivity contribution in [1.82, 2.24) is 4.90 Å². The molecular weight excluding hydrogens is 364 g/mol. The average molecular weight is 389 g/mol. The van der Waals surface area contributed by atoms with Crippen LogP contribution in [0.3, 0.4) is 0 Å². The normalized spacial score (nSPS) is 10.4. The first-order chi connectivity index (χ1) is 12.9. The quantitative estimate of drug-likeness (QED) is 0.741. The number of methoxy groups -OCH3 is 1. The minimum Gasteiger partial charge on any atom is -0.497 e. The maximum absolute atomic E-state index is 12.2. The molecule has 0 saturated heterocycles. The molecule has 0 heterocycles. The molecule has 0 spiro atoms. The molecule has 0 saturated carbocycles. The molecule has 0 aromatic heterocycles. The number of aryl methyl sites for hydroxylation is 1. The van der Waals surface area contributed by atoms with E-state index in [1.54, 1.807) is 30.2 Å². The van der Waals surface area contributed by atoms with E-state index in [9.17, 15) is 9.59 Å². The summed E-state index contributed by atoms with van der Waals surface area (Å²) in [6.07, 6.45) is 0.939. The second-order valence-electron chi connectivity index (χ2n) is 6.37. The molecule has 0 atom stereocenters. The highest BCUT2D eigenvalue weighted by Crippen LogP contribution is 2.19. The smallest absolute Gasteiger partial charge is 0.226 e. The van der Waals surface area contributed by atoms with Crippen LogP contribution in [-0.4, -0.2) is 36.9 Å². The highest BCUT2D eigenvalue weighted by Gasteiger charge is 2.12. The summed E-state index contributed by atoms with van der Waals surface area (Å²) in [6.45, 7) is 4.33. The molecule has 0 aliphatic carbocycles.